The van der Waals surface area contributed by atoms with E-state index in [1.807, 2.05) is 13.8 Å². The standard InChI is InChI=1S/C20H24FN3O3.ClH/c1-3-22-14(2)12-23-20(26)15-8-4-7-11-18(15)27-13-19(25)24-17-10-6-5-9-16(17)21;/h4-11,14,22H,3,12-13H2,1-2H3,(H,23,26)(H,24,25);1H/t14-;/m1./s1. The summed E-state index contributed by atoms with van der Waals surface area (Å²) in [6.07, 6.45) is 0. The van der Waals surface area contributed by atoms with Crippen LogP contribution in [0.5, 0.6) is 5.75 Å². The summed E-state index contributed by atoms with van der Waals surface area (Å²) in [6, 6.07) is 12.7. The topological polar surface area (TPSA) is 79.5 Å². The summed E-state index contributed by atoms with van der Waals surface area (Å²) in [6.45, 7) is 4.90. The van der Waals surface area contributed by atoms with E-state index >= 15 is 0 Å². The van der Waals surface area contributed by atoms with Gasteiger partial charge in [0.25, 0.3) is 11.8 Å². The van der Waals surface area contributed by atoms with Gasteiger partial charge in [-0.15, -0.1) is 12.4 Å². The number of halogens is 2. The molecule has 0 saturated heterocycles. The molecular formula is C20H25ClFN3O3. The first-order chi connectivity index (χ1) is 13.0. The lowest BCUT2D eigenvalue weighted by Gasteiger charge is -2.15. The summed E-state index contributed by atoms with van der Waals surface area (Å²) < 4.78 is 19.0. The van der Waals surface area contributed by atoms with Gasteiger partial charge in [-0.3, -0.25) is 9.59 Å². The Balaban J connectivity index is 0.00000392. The zero-order valence-corrected chi connectivity index (χ0v) is 16.6. The van der Waals surface area contributed by atoms with E-state index in [1.54, 1.807) is 30.3 Å². The van der Waals surface area contributed by atoms with Gasteiger partial charge in [-0.2, -0.15) is 0 Å². The van der Waals surface area contributed by atoms with Gasteiger partial charge in [0, 0.05) is 12.6 Å². The molecule has 8 heteroatoms. The maximum absolute atomic E-state index is 13.6. The number of hydrogen-bond donors (Lipinski definition) is 3. The van der Waals surface area contributed by atoms with Crippen molar-refractivity contribution in [2.24, 2.45) is 0 Å². The number of carbonyl (C=O) groups is 2. The third-order valence-corrected chi connectivity index (χ3v) is 3.76. The van der Waals surface area contributed by atoms with Gasteiger partial charge in [0.05, 0.1) is 11.3 Å². The SMILES string of the molecule is CCN[C@H](C)CNC(=O)c1ccccc1OCC(=O)Nc1ccccc1F.Cl. The van der Waals surface area contributed by atoms with Gasteiger partial charge in [-0.05, 0) is 37.7 Å². The minimum Gasteiger partial charge on any atom is -0.483 e. The molecule has 2 amide bonds. The van der Waals surface area contributed by atoms with Gasteiger partial charge in [0.1, 0.15) is 11.6 Å². The fraction of sp³-hybridized carbons (Fsp3) is 0.300. The van der Waals surface area contributed by atoms with Crippen LogP contribution in [0.4, 0.5) is 10.1 Å². The Morgan fingerprint density at radius 2 is 1.79 bits per heavy atom. The first kappa shape index (κ1) is 23.4. The molecule has 0 radical (unpaired) electrons. The third kappa shape index (κ3) is 7.17. The number of rotatable bonds is 9. The van der Waals surface area contributed by atoms with Gasteiger partial charge in [-0.1, -0.05) is 31.2 Å². The van der Waals surface area contributed by atoms with E-state index in [1.165, 1.54) is 18.2 Å². The number of para-hydroxylation sites is 2. The highest BCUT2D eigenvalue weighted by molar-refractivity contribution is 5.97. The largest absolute Gasteiger partial charge is 0.483 e. The molecular weight excluding hydrogens is 385 g/mol. The summed E-state index contributed by atoms with van der Waals surface area (Å²) in [4.78, 5) is 24.4. The molecule has 0 aliphatic heterocycles. The zero-order valence-electron chi connectivity index (χ0n) is 15.8. The van der Waals surface area contributed by atoms with Gasteiger partial charge in [-0.25, -0.2) is 4.39 Å². The lowest BCUT2D eigenvalue weighted by molar-refractivity contribution is -0.118. The number of nitrogens with one attached hydrogen (secondary N) is 3. The fourth-order valence-electron chi connectivity index (χ4n) is 2.43. The number of carbonyl (C=O) groups excluding carboxylic acids is 2. The van der Waals surface area contributed by atoms with E-state index in [-0.39, 0.29) is 42.4 Å². The van der Waals surface area contributed by atoms with Crippen LogP contribution < -0.4 is 20.7 Å². The van der Waals surface area contributed by atoms with Crippen molar-refractivity contribution in [2.75, 3.05) is 25.0 Å². The van der Waals surface area contributed by atoms with E-state index in [2.05, 4.69) is 16.0 Å². The monoisotopic (exact) mass is 409 g/mol. The highest BCUT2D eigenvalue weighted by Crippen LogP contribution is 2.18. The van der Waals surface area contributed by atoms with Crippen molar-refractivity contribution in [3.63, 3.8) is 0 Å². The number of benzene rings is 2. The minimum atomic E-state index is -0.527. The molecule has 0 fully saturated rings. The van der Waals surface area contributed by atoms with Crippen LogP contribution in [0.2, 0.25) is 0 Å². The van der Waals surface area contributed by atoms with Crippen LogP contribution in [-0.4, -0.2) is 37.6 Å². The van der Waals surface area contributed by atoms with Crippen molar-refractivity contribution in [1.82, 2.24) is 10.6 Å². The van der Waals surface area contributed by atoms with E-state index < -0.39 is 11.7 Å². The highest BCUT2D eigenvalue weighted by atomic mass is 35.5. The normalized spacial score (nSPS) is 11.1. The predicted molar refractivity (Wildman–Crippen MR) is 110 cm³/mol. The van der Waals surface area contributed by atoms with E-state index in [9.17, 15) is 14.0 Å². The van der Waals surface area contributed by atoms with E-state index in [0.29, 0.717) is 12.1 Å². The Labute approximate surface area is 170 Å². The molecule has 0 spiro atoms. The molecule has 0 heterocycles. The predicted octanol–water partition coefficient (Wildman–Crippen LogP) is 2.99. The molecule has 2 rings (SSSR count). The van der Waals surface area contributed by atoms with Crippen LogP contribution in [0.25, 0.3) is 0 Å². The van der Waals surface area contributed by atoms with Gasteiger partial charge >= 0.3 is 0 Å². The summed E-state index contributed by atoms with van der Waals surface area (Å²) in [5.74, 6) is -1.05. The second-order valence-corrected chi connectivity index (χ2v) is 5.98. The van der Waals surface area contributed by atoms with Crippen molar-refractivity contribution >= 4 is 29.9 Å². The number of hydrogen-bond acceptors (Lipinski definition) is 4. The average Bonchev–Trinajstić information content (AvgIpc) is 2.67. The van der Waals surface area contributed by atoms with Crippen LogP contribution in [0.1, 0.15) is 24.2 Å². The average molecular weight is 410 g/mol. The molecule has 0 aromatic heterocycles. The maximum Gasteiger partial charge on any atom is 0.262 e. The Morgan fingerprint density at radius 1 is 1.11 bits per heavy atom. The van der Waals surface area contributed by atoms with E-state index in [0.717, 1.165) is 6.54 Å². The first-order valence-electron chi connectivity index (χ1n) is 8.79. The van der Waals surface area contributed by atoms with Crippen LogP contribution in [0, 0.1) is 5.82 Å². The molecule has 0 aliphatic rings. The highest BCUT2D eigenvalue weighted by Gasteiger charge is 2.14. The zero-order chi connectivity index (χ0) is 19.6. The molecule has 0 unspecified atom stereocenters. The second kappa shape index (κ2) is 11.9. The Kier molecular flexibility index (Phi) is 9.98. The molecule has 3 N–H and O–H groups in total. The van der Waals surface area contributed by atoms with E-state index in [4.69, 9.17) is 4.74 Å². The summed E-state index contributed by atoms with van der Waals surface area (Å²) in [5, 5.41) is 8.47. The molecule has 0 bridgehead atoms. The molecule has 0 saturated carbocycles. The van der Waals surface area contributed by atoms with Crippen LogP contribution in [0.15, 0.2) is 48.5 Å². The maximum atomic E-state index is 13.6. The summed E-state index contributed by atoms with van der Waals surface area (Å²) in [7, 11) is 0. The second-order valence-electron chi connectivity index (χ2n) is 5.98. The molecule has 28 heavy (non-hydrogen) atoms. The van der Waals surface area contributed by atoms with Gasteiger partial charge in [0.15, 0.2) is 6.61 Å². The lowest BCUT2D eigenvalue weighted by Crippen LogP contribution is -2.38. The van der Waals surface area contributed by atoms with Crippen molar-refractivity contribution in [1.29, 1.82) is 0 Å². The van der Waals surface area contributed by atoms with Gasteiger partial charge in [0.2, 0.25) is 0 Å². The minimum absolute atomic E-state index is 0. The van der Waals surface area contributed by atoms with Crippen molar-refractivity contribution < 1.29 is 18.7 Å². The first-order valence-corrected chi connectivity index (χ1v) is 8.79. The van der Waals surface area contributed by atoms with Crippen LogP contribution in [0.3, 0.4) is 0 Å². The molecule has 2 aromatic carbocycles. The number of ether oxygens (including phenoxy) is 1. The Hall–Kier alpha value is -2.64. The van der Waals surface area contributed by atoms with Crippen molar-refractivity contribution in [2.45, 2.75) is 19.9 Å². The number of anilines is 1. The summed E-state index contributed by atoms with van der Waals surface area (Å²) >= 11 is 0. The van der Waals surface area contributed by atoms with Crippen molar-refractivity contribution in [3.8, 4) is 5.75 Å². The summed E-state index contributed by atoms with van der Waals surface area (Å²) in [5.41, 5.74) is 0.412. The molecule has 152 valence electrons. The van der Waals surface area contributed by atoms with Gasteiger partial charge < -0.3 is 20.7 Å². The quantitative estimate of drug-likeness (QED) is 0.595. The third-order valence-electron chi connectivity index (χ3n) is 3.76. The fourth-order valence-corrected chi connectivity index (χ4v) is 2.43. The number of likely N-dealkylation sites (N-methyl/N-ethyl adjacent to an activating group) is 1. The number of amides is 2. The smallest absolute Gasteiger partial charge is 0.262 e. The molecule has 6 nitrogen and oxygen atoms in total. The van der Waals surface area contributed by atoms with Crippen LogP contribution >= 0.6 is 12.4 Å². The molecule has 2 aromatic rings. The van der Waals surface area contributed by atoms with Crippen LogP contribution in [-0.2, 0) is 4.79 Å². The van der Waals surface area contributed by atoms with Crippen molar-refractivity contribution in [3.05, 3.63) is 59.9 Å². The Bertz CT molecular complexity index is 789. The molecule has 1 atom stereocenters. The molecule has 0 aliphatic carbocycles. The Morgan fingerprint density at radius 3 is 2.50 bits per heavy atom. The lowest BCUT2D eigenvalue weighted by atomic mass is 10.2.